The average Bonchev–Trinajstić information content (AvgIpc) is 2.49. The second-order valence-corrected chi connectivity index (χ2v) is 5.55. The Labute approximate surface area is 136 Å². The van der Waals surface area contributed by atoms with Crippen molar-refractivity contribution in [3.8, 4) is 0 Å². The summed E-state index contributed by atoms with van der Waals surface area (Å²) in [6.45, 7) is 6.79. The van der Waals surface area contributed by atoms with E-state index in [0.717, 1.165) is 0 Å². The van der Waals surface area contributed by atoms with Crippen LogP contribution in [0.25, 0.3) is 0 Å². The van der Waals surface area contributed by atoms with Crippen LogP contribution in [0, 0.1) is 5.92 Å². The van der Waals surface area contributed by atoms with Crippen molar-refractivity contribution in [3.63, 3.8) is 0 Å². The fourth-order valence-electron chi connectivity index (χ4n) is 1.69. The highest BCUT2D eigenvalue weighted by molar-refractivity contribution is 5.95. The molecule has 0 aliphatic heterocycles. The number of hydrogen-bond donors (Lipinski definition) is 4. The van der Waals surface area contributed by atoms with Gasteiger partial charge in [0.15, 0.2) is 0 Å². The Morgan fingerprint density at radius 2 is 1.57 bits per heavy atom. The van der Waals surface area contributed by atoms with E-state index in [4.69, 9.17) is 0 Å². The van der Waals surface area contributed by atoms with Crippen molar-refractivity contribution < 1.29 is 14.4 Å². The van der Waals surface area contributed by atoms with Crippen LogP contribution in [0.2, 0.25) is 0 Å². The van der Waals surface area contributed by atoms with Crippen LogP contribution in [-0.4, -0.2) is 37.5 Å². The Bertz CT molecular complexity index is 541. The van der Waals surface area contributed by atoms with Crippen molar-refractivity contribution in [1.29, 1.82) is 0 Å². The summed E-state index contributed by atoms with van der Waals surface area (Å²) in [4.78, 5) is 34.2. The van der Waals surface area contributed by atoms with E-state index in [9.17, 15) is 14.4 Å². The fraction of sp³-hybridized carbons (Fsp3) is 0.438. The molecule has 0 saturated carbocycles. The highest BCUT2D eigenvalue weighted by Crippen LogP contribution is 2.09. The van der Waals surface area contributed by atoms with Gasteiger partial charge in [0.25, 0.3) is 5.91 Å². The van der Waals surface area contributed by atoms with Gasteiger partial charge in [0.1, 0.15) is 0 Å². The Morgan fingerprint density at radius 1 is 0.957 bits per heavy atom. The summed E-state index contributed by atoms with van der Waals surface area (Å²) in [6.07, 6.45) is 0. The Balaban J connectivity index is 2.39. The maximum absolute atomic E-state index is 11.9. The van der Waals surface area contributed by atoms with Crippen LogP contribution < -0.4 is 21.3 Å². The molecule has 0 radical (unpaired) electrons. The lowest BCUT2D eigenvalue weighted by atomic mass is 10.1. The van der Waals surface area contributed by atoms with Crippen LogP contribution in [0.4, 0.5) is 10.5 Å². The number of urea groups is 1. The van der Waals surface area contributed by atoms with Crippen LogP contribution in [-0.2, 0) is 4.79 Å². The first-order valence-corrected chi connectivity index (χ1v) is 7.56. The normalized spacial score (nSPS) is 10.1. The molecule has 1 rings (SSSR count). The quantitative estimate of drug-likeness (QED) is 0.570. The van der Waals surface area contributed by atoms with Crippen molar-refractivity contribution in [3.05, 3.63) is 29.8 Å². The van der Waals surface area contributed by atoms with Crippen LogP contribution in [0.3, 0.4) is 0 Å². The van der Waals surface area contributed by atoms with E-state index < -0.39 is 0 Å². The molecule has 0 saturated heterocycles. The molecule has 0 atom stereocenters. The molecule has 0 heterocycles. The molecule has 1 aromatic carbocycles. The number of nitrogens with one attached hydrogen (secondary N) is 4. The molecule has 0 aliphatic carbocycles. The Hall–Kier alpha value is -2.57. The number of rotatable bonds is 7. The molecule has 0 spiro atoms. The lowest BCUT2D eigenvalue weighted by Crippen LogP contribution is -2.36. The molecule has 0 fully saturated rings. The van der Waals surface area contributed by atoms with Gasteiger partial charge in [-0.25, -0.2) is 4.79 Å². The van der Waals surface area contributed by atoms with Gasteiger partial charge < -0.3 is 21.3 Å². The van der Waals surface area contributed by atoms with Crippen molar-refractivity contribution in [2.24, 2.45) is 5.92 Å². The molecule has 1 aromatic rings. The van der Waals surface area contributed by atoms with Gasteiger partial charge in [-0.05, 0) is 30.2 Å². The van der Waals surface area contributed by atoms with E-state index in [0.29, 0.717) is 36.8 Å². The molecular formula is C16H24N4O3. The van der Waals surface area contributed by atoms with Gasteiger partial charge >= 0.3 is 6.03 Å². The first kappa shape index (κ1) is 18.5. The fourth-order valence-corrected chi connectivity index (χ4v) is 1.69. The first-order chi connectivity index (χ1) is 10.9. The van der Waals surface area contributed by atoms with Crippen LogP contribution in [0.1, 0.15) is 31.1 Å². The summed E-state index contributed by atoms with van der Waals surface area (Å²) in [7, 11) is 0. The summed E-state index contributed by atoms with van der Waals surface area (Å²) in [6, 6.07) is 6.27. The third-order valence-electron chi connectivity index (χ3n) is 2.86. The molecule has 0 unspecified atom stereocenters. The largest absolute Gasteiger partial charge is 0.355 e. The van der Waals surface area contributed by atoms with E-state index in [1.54, 1.807) is 24.3 Å². The minimum absolute atomic E-state index is 0.134. The number of carbonyl (C=O) groups is 3. The number of benzene rings is 1. The maximum Gasteiger partial charge on any atom is 0.319 e. The van der Waals surface area contributed by atoms with Gasteiger partial charge in [0, 0.05) is 37.8 Å². The highest BCUT2D eigenvalue weighted by Gasteiger charge is 2.07. The molecule has 23 heavy (non-hydrogen) atoms. The molecule has 4 amide bonds. The highest BCUT2D eigenvalue weighted by atomic mass is 16.2. The Morgan fingerprint density at radius 3 is 2.13 bits per heavy atom. The van der Waals surface area contributed by atoms with E-state index in [1.165, 1.54) is 6.92 Å². The zero-order chi connectivity index (χ0) is 17.2. The van der Waals surface area contributed by atoms with Crippen LogP contribution in [0.5, 0.6) is 0 Å². The predicted octanol–water partition coefficient (Wildman–Crippen LogP) is 1.33. The summed E-state index contributed by atoms with van der Waals surface area (Å²) in [5, 5.41) is 10.7. The van der Waals surface area contributed by atoms with Gasteiger partial charge in [0.2, 0.25) is 5.91 Å². The van der Waals surface area contributed by atoms with Gasteiger partial charge in [-0.1, -0.05) is 13.8 Å². The second kappa shape index (κ2) is 9.45. The molecule has 7 heteroatoms. The molecule has 0 aromatic heterocycles. The van der Waals surface area contributed by atoms with Crippen molar-refractivity contribution in [2.75, 3.05) is 25.0 Å². The zero-order valence-corrected chi connectivity index (χ0v) is 13.7. The topological polar surface area (TPSA) is 99.3 Å². The summed E-state index contributed by atoms with van der Waals surface area (Å²) in [5.74, 6) is 0.115. The van der Waals surface area contributed by atoms with E-state index >= 15 is 0 Å². The predicted molar refractivity (Wildman–Crippen MR) is 89.3 cm³/mol. The molecule has 7 nitrogen and oxygen atoms in total. The lowest BCUT2D eigenvalue weighted by Gasteiger charge is -2.10. The molecule has 4 N–H and O–H groups in total. The molecule has 126 valence electrons. The minimum Gasteiger partial charge on any atom is -0.355 e. The average molecular weight is 320 g/mol. The van der Waals surface area contributed by atoms with Gasteiger partial charge in [-0.3, -0.25) is 9.59 Å². The van der Waals surface area contributed by atoms with E-state index in [1.807, 2.05) is 13.8 Å². The van der Waals surface area contributed by atoms with Gasteiger partial charge in [-0.2, -0.15) is 0 Å². The van der Waals surface area contributed by atoms with E-state index in [2.05, 4.69) is 21.3 Å². The van der Waals surface area contributed by atoms with Crippen molar-refractivity contribution in [2.45, 2.75) is 20.8 Å². The van der Waals surface area contributed by atoms with Crippen LogP contribution >= 0.6 is 0 Å². The number of amides is 4. The van der Waals surface area contributed by atoms with Crippen molar-refractivity contribution in [1.82, 2.24) is 16.0 Å². The smallest absolute Gasteiger partial charge is 0.319 e. The van der Waals surface area contributed by atoms with E-state index in [-0.39, 0.29) is 17.8 Å². The summed E-state index contributed by atoms with van der Waals surface area (Å²) in [5.41, 5.74) is 1.13. The van der Waals surface area contributed by atoms with Gasteiger partial charge in [0.05, 0.1) is 0 Å². The third kappa shape index (κ3) is 7.85. The number of carbonyl (C=O) groups excluding carboxylic acids is 3. The first-order valence-electron chi connectivity index (χ1n) is 7.56. The third-order valence-corrected chi connectivity index (χ3v) is 2.86. The number of anilines is 1. The minimum atomic E-state index is -0.368. The lowest BCUT2D eigenvalue weighted by molar-refractivity contribution is -0.118. The standard InChI is InChI=1S/C16H24N4O3/c1-11(2)10-19-15(22)13-4-6-14(7-5-13)20-16(23)18-9-8-17-12(3)21/h4-7,11H,8-10H2,1-3H3,(H,17,21)(H,19,22)(H2,18,20,23). The number of hydrogen-bond acceptors (Lipinski definition) is 3. The van der Waals surface area contributed by atoms with Crippen LogP contribution in [0.15, 0.2) is 24.3 Å². The monoisotopic (exact) mass is 320 g/mol. The molecular weight excluding hydrogens is 296 g/mol. The molecule has 0 bridgehead atoms. The van der Waals surface area contributed by atoms with Gasteiger partial charge in [-0.15, -0.1) is 0 Å². The SMILES string of the molecule is CC(=O)NCCNC(=O)Nc1ccc(C(=O)NCC(C)C)cc1. The Kier molecular flexibility index (Phi) is 7.59. The summed E-state index contributed by atoms with van der Waals surface area (Å²) < 4.78 is 0. The summed E-state index contributed by atoms with van der Waals surface area (Å²) >= 11 is 0. The van der Waals surface area contributed by atoms with Crippen molar-refractivity contribution >= 4 is 23.5 Å². The maximum atomic E-state index is 11.9. The second-order valence-electron chi connectivity index (χ2n) is 5.55. The zero-order valence-electron chi connectivity index (χ0n) is 13.7. The molecule has 0 aliphatic rings.